The number of rotatable bonds is 0. The molecule has 6 heteroatoms. The number of Topliss-reactive ketones (excluding diaryl/α,β-unsaturated/α-hetero) is 2. The van der Waals surface area contributed by atoms with Crippen molar-refractivity contribution >= 4 is 52.1 Å². The Kier molecular flexibility index (Phi) is 2.67. The minimum absolute atomic E-state index is 0.0903. The molecule has 0 radical (unpaired) electrons. The molecule has 4 N–H and O–H groups in total. The molecule has 4 nitrogen and oxygen atoms in total. The number of fused-ring (bicyclic) bond motifs is 1. The number of halogens is 1. The van der Waals surface area contributed by atoms with E-state index in [1.807, 2.05) is 0 Å². The van der Waals surface area contributed by atoms with Gasteiger partial charge in [-0.15, -0.1) is 12.6 Å². The monoisotopic (exact) mass is 268 g/mol. The van der Waals surface area contributed by atoms with Crippen LogP contribution in [0.3, 0.4) is 0 Å². The van der Waals surface area contributed by atoms with E-state index in [1.165, 1.54) is 0 Å². The van der Waals surface area contributed by atoms with E-state index < -0.39 is 11.6 Å². The van der Waals surface area contributed by atoms with Gasteiger partial charge in [0, 0.05) is 21.8 Å². The Morgan fingerprint density at radius 3 is 2.35 bits per heavy atom. The van der Waals surface area contributed by atoms with Crippen molar-refractivity contribution in [3.63, 3.8) is 0 Å². The Hall–Kier alpha value is -1.46. The van der Waals surface area contributed by atoms with E-state index in [4.69, 9.17) is 23.1 Å². The number of anilines is 2. The van der Waals surface area contributed by atoms with Crippen molar-refractivity contribution in [2.45, 2.75) is 6.92 Å². The van der Waals surface area contributed by atoms with Crippen LogP contribution in [0.2, 0.25) is 0 Å². The Balaban J connectivity index is 2.95. The third-order valence-corrected chi connectivity index (χ3v) is 3.62. The fourth-order valence-electron chi connectivity index (χ4n) is 1.78. The molecular formula is C11H9ClN2O2S. The van der Waals surface area contributed by atoms with Crippen molar-refractivity contribution in [2.24, 2.45) is 0 Å². The average molecular weight is 269 g/mol. The molecule has 88 valence electrons. The Morgan fingerprint density at radius 2 is 1.76 bits per heavy atom. The predicted octanol–water partition coefficient (Wildman–Crippen LogP) is 1.76. The van der Waals surface area contributed by atoms with E-state index >= 15 is 0 Å². The minimum Gasteiger partial charge on any atom is -0.398 e. The maximum absolute atomic E-state index is 11.8. The highest BCUT2D eigenvalue weighted by atomic mass is 35.5. The Labute approximate surface area is 108 Å². The molecule has 0 spiro atoms. The second-order valence-corrected chi connectivity index (χ2v) is 4.59. The fourth-order valence-corrected chi connectivity index (χ4v) is 2.29. The summed E-state index contributed by atoms with van der Waals surface area (Å²) < 4.78 is 0. The summed E-state index contributed by atoms with van der Waals surface area (Å²) in [7, 11) is 0. The summed E-state index contributed by atoms with van der Waals surface area (Å²) in [4.78, 5) is 23.6. The van der Waals surface area contributed by atoms with Crippen LogP contribution >= 0.6 is 24.2 Å². The highest BCUT2D eigenvalue weighted by Crippen LogP contribution is 2.41. The smallest absolute Gasteiger partial charge is 0.246 e. The van der Waals surface area contributed by atoms with Gasteiger partial charge in [-0.3, -0.25) is 9.59 Å². The van der Waals surface area contributed by atoms with Gasteiger partial charge < -0.3 is 11.5 Å². The van der Waals surface area contributed by atoms with Crippen LogP contribution in [0.4, 0.5) is 11.4 Å². The first-order valence-corrected chi connectivity index (χ1v) is 5.55. The molecule has 1 aromatic rings. The van der Waals surface area contributed by atoms with Gasteiger partial charge in [0.15, 0.2) is 0 Å². The first kappa shape index (κ1) is 12.0. The summed E-state index contributed by atoms with van der Waals surface area (Å²) in [5.74, 6) is -1.55. The summed E-state index contributed by atoms with van der Waals surface area (Å²) >= 11 is 9.89. The first-order valence-electron chi connectivity index (χ1n) is 4.73. The first-order chi connectivity index (χ1) is 7.86. The summed E-state index contributed by atoms with van der Waals surface area (Å²) in [5, 5.41) is -0.220. The van der Waals surface area contributed by atoms with Crippen molar-refractivity contribution < 1.29 is 9.59 Å². The Bertz CT molecular complexity index is 608. The van der Waals surface area contributed by atoms with Gasteiger partial charge in [-0.25, -0.2) is 0 Å². The molecule has 17 heavy (non-hydrogen) atoms. The molecule has 2 rings (SSSR count). The second kappa shape index (κ2) is 3.78. The topological polar surface area (TPSA) is 86.2 Å². The van der Waals surface area contributed by atoms with Gasteiger partial charge in [0.1, 0.15) is 5.03 Å². The number of ketones is 2. The van der Waals surface area contributed by atoms with Gasteiger partial charge in [0.05, 0.1) is 5.56 Å². The lowest BCUT2D eigenvalue weighted by Crippen LogP contribution is -2.23. The zero-order valence-corrected chi connectivity index (χ0v) is 10.5. The molecule has 1 aliphatic carbocycles. The molecule has 0 aromatic heterocycles. The molecule has 0 heterocycles. The van der Waals surface area contributed by atoms with Gasteiger partial charge in [-0.05, 0) is 18.6 Å². The number of thiol groups is 1. The van der Waals surface area contributed by atoms with Crippen LogP contribution in [-0.4, -0.2) is 11.6 Å². The molecule has 0 unspecified atom stereocenters. The minimum atomic E-state index is -0.806. The van der Waals surface area contributed by atoms with Gasteiger partial charge >= 0.3 is 0 Å². The number of carbonyl (C=O) groups is 2. The Morgan fingerprint density at radius 1 is 1.18 bits per heavy atom. The van der Waals surface area contributed by atoms with Crippen molar-refractivity contribution in [3.8, 4) is 0 Å². The van der Waals surface area contributed by atoms with Crippen LogP contribution in [0.25, 0.3) is 4.91 Å². The molecule has 0 fully saturated rings. The lowest BCUT2D eigenvalue weighted by atomic mass is 9.90. The molecule has 0 bridgehead atoms. The molecule has 1 aromatic carbocycles. The van der Waals surface area contributed by atoms with Crippen LogP contribution in [0, 0.1) is 6.92 Å². The number of allylic oxidation sites excluding steroid dienone is 1. The van der Waals surface area contributed by atoms with Crippen LogP contribution < -0.4 is 11.5 Å². The molecule has 1 aliphatic rings. The largest absolute Gasteiger partial charge is 0.398 e. The summed E-state index contributed by atoms with van der Waals surface area (Å²) in [6.45, 7) is 1.75. The van der Waals surface area contributed by atoms with Crippen molar-refractivity contribution in [1.29, 1.82) is 0 Å². The number of nitrogens with two attached hydrogens (primary N) is 2. The average Bonchev–Trinajstić information content (AvgIpc) is 2.28. The predicted molar refractivity (Wildman–Crippen MR) is 71.1 cm³/mol. The normalized spacial score (nSPS) is 15.2. The molecule has 0 aliphatic heterocycles. The van der Waals surface area contributed by atoms with Crippen molar-refractivity contribution in [2.75, 3.05) is 11.5 Å². The maximum Gasteiger partial charge on any atom is 0.246 e. The van der Waals surface area contributed by atoms with Gasteiger partial charge in [-0.1, -0.05) is 11.6 Å². The van der Waals surface area contributed by atoms with E-state index in [9.17, 15) is 9.59 Å². The number of carbonyl (C=O) groups excluding carboxylic acids is 2. The summed E-state index contributed by atoms with van der Waals surface area (Å²) in [5.41, 5.74) is 13.3. The molecule has 0 amide bonds. The summed E-state index contributed by atoms with van der Waals surface area (Å²) in [6.07, 6.45) is 0. The van der Waals surface area contributed by atoms with Gasteiger partial charge in [0.2, 0.25) is 11.6 Å². The van der Waals surface area contributed by atoms with E-state index in [1.54, 1.807) is 13.0 Å². The lowest BCUT2D eigenvalue weighted by Gasteiger charge is -2.20. The van der Waals surface area contributed by atoms with Gasteiger partial charge in [-0.2, -0.15) is 0 Å². The molecule has 0 atom stereocenters. The quantitative estimate of drug-likeness (QED) is 0.380. The van der Waals surface area contributed by atoms with Crippen LogP contribution in [0.5, 0.6) is 0 Å². The van der Waals surface area contributed by atoms with Crippen LogP contribution in [-0.2, 0) is 4.79 Å². The third-order valence-electron chi connectivity index (χ3n) is 2.68. The van der Waals surface area contributed by atoms with Gasteiger partial charge in [0.25, 0.3) is 0 Å². The maximum atomic E-state index is 11.8. The second-order valence-electron chi connectivity index (χ2n) is 3.77. The van der Waals surface area contributed by atoms with Crippen LogP contribution in [0.1, 0.15) is 21.5 Å². The molecule has 0 saturated carbocycles. The van der Waals surface area contributed by atoms with E-state index in [2.05, 4.69) is 12.6 Å². The van der Waals surface area contributed by atoms with E-state index in [0.29, 0.717) is 16.8 Å². The molecular weight excluding hydrogens is 260 g/mol. The number of hydrogen-bond acceptors (Lipinski definition) is 5. The molecule has 0 saturated heterocycles. The van der Waals surface area contributed by atoms with Crippen LogP contribution in [0.15, 0.2) is 11.1 Å². The SMILES string of the molecule is Cc1cc(N)c2c(c1N)C(S)=C(Cl)C(=O)C2=O. The van der Waals surface area contributed by atoms with Crippen molar-refractivity contribution in [3.05, 3.63) is 27.8 Å². The number of nitrogen functional groups attached to an aromatic ring is 2. The highest BCUT2D eigenvalue weighted by Gasteiger charge is 2.34. The fraction of sp³-hybridized carbons (Fsp3) is 0.0909. The zero-order valence-electron chi connectivity index (χ0n) is 8.87. The number of aryl methyl sites for hydroxylation is 1. The number of hydrogen-bond donors (Lipinski definition) is 3. The highest BCUT2D eigenvalue weighted by molar-refractivity contribution is 7.90. The number of benzene rings is 1. The van der Waals surface area contributed by atoms with Crippen molar-refractivity contribution in [1.82, 2.24) is 0 Å². The standard InChI is InChI=1S/C11H9ClN2O2S/c1-3-2-4(13)5-6(8(3)14)11(17)7(12)10(16)9(5)15/h2,17H,13-14H2,1H3. The zero-order chi connectivity index (χ0) is 12.9. The summed E-state index contributed by atoms with van der Waals surface area (Å²) in [6, 6.07) is 1.56. The lowest BCUT2D eigenvalue weighted by molar-refractivity contribution is -0.111. The van der Waals surface area contributed by atoms with E-state index in [-0.39, 0.29) is 21.2 Å². The third kappa shape index (κ3) is 1.54. The van der Waals surface area contributed by atoms with E-state index in [0.717, 1.165) is 0 Å².